The number of benzene rings is 1. The van der Waals surface area contributed by atoms with Crippen molar-refractivity contribution < 1.29 is 0 Å². The molecule has 3 nitrogen and oxygen atoms in total. The molecule has 2 aliphatic rings. The lowest BCUT2D eigenvalue weighted by atomic mass is 10.1. The van der Waals surface area contributed by atoms with Crippen molar-refractivity contribution >= 4 is 5.69 Å². The van der Waals surface area contributed by atoms with Gasteiger partial charge in [-0.1, -0.05) is 42.5 Å². The number of allylic oxidation sites excluding steroid dienone is 5. The van der Waals surface area contributed by atoms with Gasteiger partial charge in [0.2, 0.25) is 0 Å². The highest BCUT2D eigenvalue weighted by molar-refractivity contribution is 5.59. The van der Waals surface area contributed by atoms with E-state index < -0.39 is 0 Å². The summed E-state index contributed by atoms with van der Waals surface area (Å²) in [6.07, 6.45) is 10.3. The molecule has 0 amide bonds. The first-order chi connectivity index (χ1) is 8.88. The van der Waals surface area contributed by atoms with Gasteiger partial charge in [-0.25, -0.2) is 0 Å². The van der Waals surface area contributed by atoms with Crippen molar-refractivity contribution in [3.8, 4) is 0 Å². The van der Waals surface area contributed by atoms with Crippen molar-refractivity contribution in [2.75, 3.05) is 11.6 Å². The van der Waals surface area contributed by atoms with Gasteiger partial charge < -0.3 is 5.73 Å². The topological polar surface area (TPSA) is 41.3 Å². The maximum absolute atomic E-state index is 5.81. The van der Waals surface area contributed by atoms with Gasteiger partial charge in [0.25, 0.3) is 0 Å². The number of nitrogens with zero attached hydrogens (tertiary/aromatic N) is 1. The van der Waals surface area contributed by atoms with Crippen LogP contribution in [0, 0.1) is 0 Å². The van der Waals surface area contributed by atoms with Crippen molar-refractivity contribution in [3.63, 3.8) is 0 Å². The zero-order valence-electron chi connectivity index (χ0n) is 10.0. The summed E-state index contributed by atoms with van der Waals surface area (Å²) >= 11 is 0. The van der Waals surface area contributed by atoms with Gasteiger partial charge in [0.05, 0.1) is 11.4 Å². The van der Waals surface area contributed by atoms with Gasteiger partial charge in [-0.3, -0.25) is 10.4 Å². The molecule has 0 unspecified atom stereocenters. The molecule has 0 spiro atoms. The number of hydrazine groups is 1. The van der Waals surface area contributed by atoms with Crippen LogP contribution in [0.3, 0.4) is 0 Å². The van der Waals surface area contributed by atoms with Crippen molar-refractivity contribution in [3.05, 3.63) is 77.7 Å². The van der Waals surface area contributed by atoms with Crippen molar-refractivity contribution in [2.24, 2.45) is 5.73 Å². The lowest BCUT2D eigenvalue weighted by Gasteiger charge is -2.17. The van der Waals surface area contributed by atoms with Crippen molar-refractivity contribution in [1.29, 1.82) is 0 Å². The number of anilines is 1. The zero-order chi connectivity index (χ0) is 12.4. The second kappa shape index (κ2) is 4.55. The molecule has 0 bridgehead atoms. The standard InChI is InChI=1S/C15H15N3/c16-10-13-11-18(14-8-2-1-3-9-14)17-15(13)12-6-4-5-7-12/h1-9,11,17H,10,16H2. The van der Waals surface area contributed by atoms with Crippen LogP contribution in [0.25, 0.3) is 0 Å². The second-order valence-corrected chi connectivity index (χ2v) is 4.22. The van der Waals surface area contributed by atoms with Gasteiger partial charge in [-0.2, -0.15) is 0 Å². The first-order valence-corrected chi connectivity index (χ1v) is 5.99. The van der Waals surface area contributed by atoms with E-state index in [1.165, 1.54) is 5.57 Å². The van der Waals surface area contributed by atoms with Crippen molar-refractivity contribution in [1.82, 2.24) is 5.43 Å². The van der Waals surface area contributed by atoms with E-state index in [0.717, 1.165) is 17.0 Å². The van der Waals surface area contributed by atoms with E-state index in [-0.39, 0.29) is 0 Å². The molecular weight excluding hydrogens is 222 g/mol. The Morgan fingerprint density at radius 2 is 1.78 bits per heavy atom. The Hall–Kier alpha value is -2.26. The SMILES string of the molecule is NCC1=CN(c2ccccc2)NC1=C1C=CC=C1. The normalized spacial score (nSPS) is 17.4. The second-order valence-electron chi connectivity index (χ2n) is 4.22. The number of nitrogens with one attached hydrogen (secondary N) is 1. The molecule has 1 aromatic rings. The summed E-state index contributed by atoms with van der Waals surface area (Å²) in [5.41, 5.74) is 13.7. The average Bonchev–Trinajstić information content (AvgIpc) is 3.08. The summed E-state index contributed by atoms with van der Waals surface area (Å²) in [6.45, 7) is 0.525. The molecule has 3 heteroatoms. The summed E-state index contributed by atoms with van der Waals surface area (Å²) in [5, 5.41) is 2.00. The summed E-state index contributed by atoms with van der Waals surface area (Å²) in [4.78, 5) is 0. The molecule has 1 aliphatic carbocycles. The predicted molar refractivity (Wildman–Crippen MR) is 74.5 cm³/mol. The third-order valence-electron chi connectivity index (χ3n) is 3.04. The molecule has 3 rings (SSSR count). The third-order valence-corrected chi connectivity index (χ3v) is 3.04. The maximum atomic E-state index is 5.81. The average molecular weight is 237 g/mol. The molecule has 1 aromatic carbocycles. The van der Waals surface area contributed by atoms with Gasteiger partial charge in [0.15, 0.2) is 0 Å². The molecule has 0 saturated heterocycles. The van der Waals surface area contributed by atoms with E-state index in [4.69, 9.17) is 5.73 Å². The highest BCUT2D eigenvalue weighted by Crippen LogP contribution is 2.26. The lowest BCUT2D eigenvalue weighted by Crippen LogP contribution is -2.28. The lowest BCUT2D eigenvalue weighted by molar-refractivity contribution is 0.871. The Morgan fingerprint density at radius 3 is 2.44 bits per heavy atom. The van der Waals surface area contributed by atoms with Crippen LogP contribution < -0.4 is 16.2 Å². The predicted octanol–water partition coefficient (Wildman–Crippen LogP) is 2.23. The van der Waals surface area contributed by atoms with E-state index in [1.807, 2.05) is 35.4 Å². The summed E-state index contributed by atoms with van der Waals surface area (Å²) < 4.78 is 0. The molecule has 0 radical (unpaired) electrons. The Labute approximate surface area is 107 Å². The number of nitrogens with two attached hydrogens (primary N) is 1. The molecule has 3 N–H and O–H groups in total. The Kier molecular flexibility index (Phi) is 2.74. The molecule has 18 heavy (non-hydrogen) atoms. The Bertz CT molecular complexity index is 551. The number of hydrogen-bond donors (Lipinski definition) is 2. The fraction of sp³-hybridized carbons (Fsp3) is 0.0667. The number of para-hydroxylation sites is 1. The highest BCUT2D eigenvalue weighted by Gasteiger charge is 2.19. The largest absolute Gasteiger partial charge is 0.326 e. The van der Waals surface area contributed by atoms with Gasteiger partial charge >= 0.3 is 0 Å². The van der Waals surface area contributed by atoms with Crippen LogP contribution in [0.1, 0.15) is 0 Å². The Balaban J connectivity index is 1.95. The first-order valence-electron chi connectivity index (χ1n) is 5.99. The highest BCUT2D eigenvalue weighted by atomic mass is 15.5. The number of rotatable bonds is 2. The summed E-state index contributed by atoms with van der Waals surface area (Å²) in [6, 6.07) is 10.2. The van der Waals surface area contributed by atoms with E-state index in [0.29, 0.717) is 6.54 Å². The van der Waals surface area contributed by atoms with Crippen molar-refractivity contribution in [2.45, 2.75) is 0 Å². The minimum absolute atomic E-state index is 0.525. The zero-order valence-corrected chi connectivity index (χ0v) is 10.0. The Morgan fingerprint density at radius 1 is 1.06 bits per heavy atom. The fourth-order valence-corrected chi connectivity index (χ4v) is 2.12. The van der Waals surface area contributed by atoms with Crippen LogP contribution in [-0.2, 0) is 0 Å². The van der Waals surface area contributed by atoms with Crippen LogP contribution in [0.15, 0.2) is 77.7 Å². The molecule has 1 heterocycles. The molecule has 1 aliphatic heterocycles. The summed E-state index contributed by atoms with van der Waals surface area (Å²) in [7, 11) is 0. The first kappa shape index (κ1) is 10.9. The molecular formula is C15H15N3. The van der Waals surface area contributed by atoms with E-state index in [2.05, 4.69) is 35.9 Å². The third kappa shape index (κ3) is 1.85. The van der Waals surface area contributed by atoms with Crippen LogP contribution in [0.4, 0.5) is 5.69 Å². The minimum Gasteiger partial charge on any atom is -0.326 e. The van der Waals surface area contributed by atoms with E-state index in [1.54, 1.807) is 0 Å². The molecule has 0 saturated carbocycles. The van der Waals surface area contributed by atoms with Gasteiger partial charge in [0.1, 0.15) is 0 Å². The molecule has 0 aromatic heterocycles. The maximum Gasteiger partial charge on any atom is 0.0678 e. The van der Waals surface area contributed by atoms with Crippen LogP contribution >= 0.6 is 0 Å². The number of hydrogen-bond acceptors (Lipinski definition) is 3. The molecule has 0 fully saturated rings. The fourth-order valence-electron chi connectivity index (χ4n) is 2.12. The quantitative estimate of drug-likeness (QED) is 0.828. The van der Waals surface area contributed by atoms with Crippen LogP contribution in [0.5, 0.6) is 0 Å². The smallest absolute Gasteiger partial charge is 0.0678 e. The minimum atomic E-state index is 0.525. The monoisotopic (exact) mass is 237 g/mol. The van der Waals surface area contributed by atoms with E-state index in [9.17, 15) is 0 Å². The summed E-state index contributed by atoms with van der Waals surface area (Å²) in [5.74, 6) is 0. The van der Waals surface area contributed by atoms with Crippen LogP contribution in [-0.4, -0.2) is 6.54 Å². The van der Waals surface area contributed by atoms with E-state index >= 15 is 0 Å². The van der Waals surface area contributed by atoms with Gasteiger partial charge in [-0.15, -0.1) is 0 Å². The van der Waals surface area contributed by atoms with Gasteiger partial charge in [-0.05, 0) is 17.7 Å². The van der Waals surface area contributed by atoms with Crippen LogP contribution in [0.2, 0.25) is 0 Å². The molecule has 0 atom stereocenters. The van der Waals surface area contributed by atoms with Gasteiger partial charge in [0, 0.05) is 18.3 Å². The molecule has 90 valence electrons.